The smallest absolute Gasteiger partial charge is 0.312 e. The number of urea groups is 1. The number of hydrogen-bond acceptors (Lipinski definition) is 4. The van der Waals surface area contributed by atoms with Crippen molar-refractivity contribution in [1.29, 1.82) is 5.26 Å². The van der Waals surface area contributed by atoms with E-state index in [2.05, 4.69) is 15.6 Å². The number of nitrogens with one attached hydrogen (secondary N) is 2. The molecule has 78 valence electrons. The Morgan fingerprint density at radius 2 is 2.40 bits per heavy atom. The second kappa shape index (κ2) is 5.44. The Hall–Kier alpha value is -2.29. The first-order valence-corrected chi connectivity index (χ1v) is 4.35. The highest BCUT2D eigenvalue weighted by atomic mass is 16.2. The summed E-state index contributed by atoms with van der Waals surface area (Å²) < 4.78 is 0. The third-order valence-electron chi connectivity index (χ3n) is 1.63. The van der Waals surface area contributed by atoms with Gasteiger partial charge in [0.25, 0.3) is 0 Å². The van der Waals surface area contributed by atoms with Crippen LogP contribution in [0.25, 0.3) is 0 Å². The number of nitrogens with zero attached hydrogens (tertiary/aromatic N) is 2. The van der Waals surface area contributed by atoms with Gasteiger partial charge in [-0.1, -0.05) is 0 Å². The van der Waals surface area contributed by atoms with Crippen LogP contribution in [-0.2, 0) is 0 Å². The number of carbonyl (C=O) groups is 1. The summed E-state index contributed by atoms with van der Waals surface area (Å²) in [4.78, 5) is 14.2. The molecule has 0 unspecified atom stereocenters. The Morgan fingerprint density at radius 3 is 3.07 bits per heavy atom. The van der Waals surface area contributed by atoms with Crippen LogP contribution >= 0.6 is 0 Å². The number of amides is 2. The highest BCUT2D eigenvalue weighted by molar-refractivity contribution is 5.71. The van der Waals surface area contributed by atoms with E-state index in [4.69, 9.17) is 11.0 Å². The molecule has 0 aromatic carbocycles. The molecule has 1 aromatic heterocycles. The van der Waals surface area contributed by atoms with Gasteiger partial charge in [-0.2, -0.15) is 5.26 Å². The number of rotatable bonds is 4. The van der Waals surface area contributed by atoms with Crippen molar-refractivity contribution in [3.8, 4) is 6.07 Å². The number of hydrogen-bond donors (Lipinski definition) is 3. The summed E-state index contributed by atoms with van der Waals surface area (Å²) in [6.07, 6.45) is 1.54. The molecule has 0 aliphatic heterocycles. The van der Waals surface area contributed by atoms with E-state index in [0.717, 1.165) is 5.69 Å². The zero-order valence-corrected chi connectivity index (χ0v) is 8.03. The van der Waals surface area contributed by atoms with E-state index in [1.54, 1.807) is 18.3 Å². The van der Waals surface area contributed by atoms with Crippen molar-refractivity contribution in [2.75, 3.05) is 18.4 Å². The average Bonchev–Trinajstić information content (AvgIpc) is 2.24. The van der Waals surface area contributed by atoms with E-state index < -0.39 is 6.03 Å². The summed E-state index contributed by atoms with van der Waals surface area (Å²) >= 11 is 0. The van der Waals surface area contributed by atoms with Crippen molar-refractivity contribution >= 4 is 11.7 Å². The van der Waals surface area contributed by atoms with Crippen LogP contribution < -0.4 is 16.4 Å². The Bertz CT molecular complexity index is 384. The number of carbonyl (C=O) groups excluding carboxylic acids is 1. The van der Waals surface area contributed by atoms with Crippen molar-refractivity contribution < 1.29 is 4.79 Å². The predicted molar refractivity (Wildman–Crippen MR) is 55.0 cm³/mol. The quantitative estimate of drug-likeness (QED) is 0.603. The maximum atomic E-state index is 10.3. The molecule has 1 aromatic rings. The van der Waals surface area contributed by atoms with Crippen molar-refractivity contribution in [3.05, 3.63) is 24.0 Å². The van der Waals surface area contributed by atoms with Crippen molar-refractivity contribution in [2.45, 2.75) is 0 Å². The van der Waals surface area contributed by atoms with Crippen molar-refractivity contribution in [2.24, 2.45) is 5.73 Å². The number of aromatic nitrogens is 1. The third kappa shape index (κ3) is 3.95. The summed E-state index contributed by atoms with van der Waals surface area (Å²) in [5.41, 5.74) is 6.02. The molecule has 0 atom stereocenters. The first-order chi connectivity index (χ1) is 7.22. The van der Waals surface area contributed by atoms with Crippen LogP contribution in [0, 0.1) is 11.3 Å². The lowest BCUT2D eigenvalue weighted by Gasteiger charge is -2.05. The Labute approximate surface area is 87.1 Å². The standard InChI is InChI=1S/C9H11N5O/c10-6-8-5-7(1-2-12-8)13-3-4-14-9(11)15/h1-2,5H,3-4H2,(H,12,13)(H3,11,14,15). The minimum Gasteiger partial charge on any atom is -0.383 e. The number of nitrogens with two attached hydrogens (primary N) is 1. The number of primary amides is 1. The monoisotopic (exact) mass is 205 g/mol. The zero-order valence-electron chi connectivity index (χ0n) is 8.03. The molecule has 0 spiro atoms. The second-order valence-electron chi connectivity index (χ2n) is 2.76. The molecule has 0 fully saturated rings. The zero-order chi connectivity index (χ0) is 11.1. The molecule has 0 radical (unpaired) electrons. The van der Waals surface area contributed by atoms with Crippen LogP contribution in [0.2, 0.25) is 0 Å². The van der Waals surface area contributed by atoms with Crippen molar-refractivity contribution in [1.82, 2.24) is 10.3 Å². The Morgan fingerprint density at radius 1 is 1.60 bits per heavy atom. The van der Waals surface area contributed by atoms with Gasteiger partial charge in [-0.15, -0.1) is 0 Å². The molecule has 6 nitrogen and oxygen atoms in total. The van der Waals surface area contributed by atoms with Gasteiger partial charge in [0.1, 0.15) is 11.8 Å². The third-order valence-corrected chi connectivity index (χ3v) is 1.63. The molecule has 1 rings (SSSR count). The highest BCUT2D eigenvalue weighted by Gasteiger charge is 1.95. The molecular formula is C9H11N5O. The molecule has 4 N–H and O–H groups in total. The van der Waals surface area contributed by atoms with E-state index >= 15 is 0 Å². The van der Waals surface area contributed by atoms with Crippen molar-refractivity contribution in [3.63, 3.8) is 0 Å². The van der Waals surface area contributed by atoms with Gasteiger partial charge in [-0.05, 0) is 12.1 Å². The molecule has 0 aliphatic carbocycles. The van der Waals surface area contributed by atoms with Crippen LogP contribution in [0.4, 0.5) is 10.5 Å². The Balaban J connectivity index is 2.38. The minimum absolute atomic E-state index is 0.350. The molecule has 6 heteroatoms. The summed E-state index contributed by atoms with van der Waals surface area (Å²) in [6.45, 7) is 0.970. The molecule has 0 aliphatic rings. The van der Waals surface area contributed by atoms with Gasteiger partial charge in [0.2, 0.25) is 0 Å². The van der Waals surface area contributed by atoms with E-state index in [1.165, 1.54) is 0 Å². The van der Waals surface area contributed by atoms with Gasteiger partial charge in [0, 0.05) is 25.0 Å². The molecular weight excluding hydrogens is 194 g/mol. The second-order valence-corrected chi connectivity index (χ2v) is 2.76. The van der Waals surface area contributed by atoms with Crippen LogP contribution in [0.5, 0.6) is 0 Å². The fourth-order valence-corrected chi connectivity index (χ4v) is 0.994. The van der Waals surface area contributed by atoms with E-state index in [9.17, 15) is 4.79 Å². The fraction of sp³-hybridized carbons (Fsp3) is 0.222. The molecule has 15 heavy (non-hydrogen) atoms. The summed E-state index contributed by atoms with van der Waals surface area (Å²) in [6, 6.07) is 4.75. The number of pyridine rings is 1. The fourth-order valence-electron chi connectivity index (χ4n) is 0.994. The van der Waals surface area contributed by atoms with E-state index in [-0.39, 0.29) is 0 Å². The van der Waals surface area contributed by atoms with Gasteiger partial charge < -0.3 is 16.4 Å². The van der Waals surface area contributed by atoms with Crippen LogP contribution in [0.15, 0.2) is 18.3 Å². The molecule has 0 bridgehead atoms. The predicted octanol–water partition coefficient (Wildman–Crippen LogP) is 0.0335. The lowest BCUT2D eigenvalue weighted by molar-refractivity contribution is 0.249. The first kappa shape index (κ1) is 10.8. The van der Waals surface area contributed by atoms with Gasteiger partial charge in [-0.25, -0.2) is 9.78 Å². The maximum Gasteiger partial charge on any atom is 0.312 e. The summed E-state index contributed by atoms with van der Waals surface area (Å²) in [5.74, 6) is 0. The van der Waals surface area contributed by atoms with Crippen LogP contribution in [-0.4, -0.2) is 24.1 Å². The molecule has 0 saturated heterocycles. The first-order valence-electron chi connectivity index (χ1n) is 4.35. The van der Waals surface area contributed by atoms with Gasteiger partial charge >= 0.3 is 6.03 Å². The van der Waals surface area contributed by atoms with E-state index in [1.807, 2.05) is 6.07 Å². The Kier molecular flexibility index (Phi) is 3.91. The average molecular weight is 205 g/mol. The SMILES string of the molecule is N#Cc1cc(NCCNC(N)=O)ccn1. The summed E-state index contributed by atoms with van der Waals surface area (Å²) in [5, 5.41) is 14.0. The normalized spacial score (nSPS) is 9.00. The topological polar surface area (TPSA) is 104 Å². The minimum atomic E-state index is -0.552. The van der Waals surface area contributed by atoms with Crippen LogP contribution in [0.1, 0.15) is 5.69 Å². The molecule has 1 heterocycles. The highest BCUT2D eigenvalue weighted by Crippen LogP contribution is 2.05. The van der Waals surface area contributed by atoms with Crippen LogP contribution in [0.3, 0.4) is 0 Å². The van der Waals surface area contributed by atoms with Gasteiger partial charge in [0.15, 0.2) is 0 Å². The summed E-state index contributed by atoms with van der Waals surface area (Å²) in [7, 11) is 0. The number of anilines is 1. The molecule has 0 saturated carbocycles. The number of nitriles is 1. The lowest BCUT2D eigenvalue weighted by Crippen LogP contribution is -2.33. The lowest BCUT2D eigenvalue weighted by atomic mass is 10.3. The maximum absolute atomic E-state index is 10.3. The van der Waals surface area contributed by atoms with Gasteiger partial charge in [-0.3, -0.25) is 0 Å². The largest absolute Gasteiger partial charge is 0.383 e. The van der Waals surface area contributed by atoms with E-state index in [0.29, 0.717) is 18.8 Å². The molecule has 2 amide bonds. The van der Waals surface area contributed by atoms with Gasteiger partial charge in [0.05, 0.1) is 0 Å².